The van der Waals surface area contributed by atoms with Crippen molar-refractivity contribution in [2.45, 2.75) is 36.4 Å². The summed E-state index contributed by atoms with van der Waals surface area (Å²) in [6.07, 6.45) is 0.789. The van der Waals surface area contributed by atoms with Crippen molar-refractivity contribution in [1.82, 2.24) is 10.2 Å². The van der Waals surface area contributed by atoms with Crippen molar-refractivity contribution < 1.29 is 38.0 Å². The monoisotopic (exact) mass is 663 g/mol. The summed E-state index contributed by atoms with van der Waals surface area (Å²) in [5.74, 6) is -0.323. The molecule has 1 saturated heterocycles. The Kier molecular flexibility index (Phi) is 9.41. The van der Waals surface area contributed by atoms with Crippen molar-refractivity contribution in [3.63, 3.8) is 0 Å². The Bertz CT molecular complexity index is 1810. The minimum atomic E-state index is -1.08. The van der Waals surface area contributed by atoms with Crippen molar-refractivity contribution in [3.8, 4) is 23.0 Å². The lowest BCUT2D eigenvalue weighted by Crippen LogP contribution is -2.29. The number of ether oxygens (including phenoxy) is 4. The highest BCUT2D eigenvalue weighted by molar-refractivity contribution is 8.00. The van der Waals surface area contributed by atoms with Crippen LogP contribution in [0.25, 0.3) is 5.76 Å². The third-order valence-corrected chi connectivity index (χ3v) is 9.32. The predicted octanol–water partition coefficient (Wildman–Crippen LogP) is 6.55. The maximum absolute atomic E-state index is 14.2. The lowest BCUT2D eigenvalue weighted by atomic mass is 9.95. The van der Waals surface area contributed by atoms with Crippen LogP contribution in [0.4, 0.5) is 9.52 Å². The number of aliphatic hydroxyl groups excluding tert-OH is 1. The Labute approximate surface area is 272 Å². The number of benzene rings is 3. The summed E-state index contributed by atoms with van der Waals surface area (Å²) in [5, 5.41) is 20.3. The van der Waals surface area contributed by atoms with E-state index in [2.05, 4.69) is 10.2 Å². The molecule has 13 heteroatoms. The average molecular weight is 664 g/mol. The summed E-state index contributed by atoms with van der Waals surface area (Å²) in [4.78, 5) is 28.7. The van der Waals surface area contributed by atoms with Gasteiger partial charge in [0, 0.05) is 11.3 Å². The van der Waals surface area contributed by atoms with E-state index in [1.54, 1.807) is 54.6 Å². The standard InChI is InChI=1S/C33H30FN3O7S2/c1-3-13-42-23-11-9-19(16-25(23)41-4-2)28-27(29(38)20-10-12-24-26(17-20)44-15-14-43-24)30(39)31(40)37(28)32-35-36-33(46-32)45-18-21-7-5-6-8-22(21)34/h5-12,16-17,28,38H,3-4,13-15,18H2,1-2H3/b29-27-. The number of halogens is 1. The number of aromatic nitrogens is 2. The fourth-order valence-corrected chi connectivity index (χ4v) is 6.95. The fourth-order valence-electron chi connectivity index (χ4n) is 5.10. The minimum Gasteiger partial charge on any atom is -0.507 e. The molecule has 2 aliphatic heterocycles. The molecule has 46 heavy (non-hydrogen) atoms. The molecule has 4 aromatic rings. The molecule has 238 valence electrons. The molecule has 1 fully saturated rings. The topological polar surface area (TPSA) is 120 Å². The van der Waals surface area contributed by atoms with Crippen molar-refractivity contribution in [3.05, 3.63) is 88.7 Å². The van der Waals surface area contributed by atoms with E-state index in [0.717, 1.165) is 17.8 Å². The van der Waals surface area contributed by atoms with Gasteiger partial charge in [0.15, 0.2) is 27.3 Å². The molecular formula is C33H30FN3O7S2. The maximum Gasteiger partial charge on any atom is 0.301 e. The van der Waals surface area contributed by atoms with E-state index < -0.39 is 17.7 Å². The van der Waals surface area contributed by atoms with Crippen molar-refractivity contribution in [1.29, 1.82) is 0 Å². The van der Waals surface area contributed by atoms with E-state index >= 15 is 0 Å². The summed E-state index contributed by atoms with van der Waals surface area (Å²) in [6, 6.07) is 15.3. The quantitative estimate of drug-likeness (QED) is 0.0622. The van der Waals surface area contributed by atoms with E-state index in [1.165, 1.54) is 22.7 Å². The van der Waals surface area contributed by atoms with Crippen LogP contribution in [0, 0.1) is 5.82 Å². The highest BCUT2D eigenvalue weighted by Crippen LogP contribution is 2.46. The van der Waals surface area contributed by atoms with Gasteiger partial charge in [-0.25, -0.2) is 4.39 Å². The molecule has 0 radical (unpaired) electrons. The van der Waals surface area contributed by atoms with Gasteiger partial charge in [0.1, 0.15) is 24.8 Å². The van der Waals surface area contributed by atoms with E-state index in [0.29, 0.717) is 70.6 Å². The Morgan fingerprint density at radius 2 is 1.83 bits per heavy atom. The number of nitrogens with zero attached hydrogens (tertiary/aromatic N) is 3. The number of amides is 1. The summed E-state index contributed by atoms with van der Waals surface area (Å²) in [7, 11) is 0. The number of carbonyl (C=O) groups is 2. The zero-order valence-electron chi connectivity index (χ0n) is 25.0. The third kappa shape index (κ3) is 6.24. The summed E-state index contributed by atoms with van der Waals surface area (Å²) in [6.45, 7) is 5.38. The lowest BCUT2D eigenvalue weighted by molar-refractivity contribution is -0.132. The Morgan fingerprint density at radius 1 is 1.02 bits per heavy atom. The minimum absolute atomic E-state index is 0.137. The molecule has 1 unspecified atom stereocenters. The van der Waals surface area contributed by atoms with Crippen molar-refractivity contribution >= 4 is 45.7 Å². The number of hydrogen-bond donors (Lipinski definition) is 1. The summed E-state index contributed by atoms with van der Waals surface area (Å²) < 4.78 is 37.7. The van der Waals surface area contributed by atoms with Crippen LogP contribution in [0.15, 0.2) is 70.6 Å². The Hall–Kier alpha value is -4.62. The molecule has 0 spiro atoms. The van der Waals surface area contributed by atoms with Crippen molar-refractivity contribution in [2.75, 3.05) is 31.3 Å². The number of hydrogen-bond acceptors (Lipinski definition) is 11. The van der Waals surface area contributed by atoms with E-state index in [1.807, 2.05) is 13.8 Å². The maximum atomic E-state index is 14.2. The number of anilines is 1. The molecule has 3 heterocycles. The molecule has 0 bridgehead atoms. The Balaban J connectivity index is 1.43. The van der Waals surface area contributed by atoms with Crippen LogP contribution < -0.4 is 23.8 Å². The molecule has 0 saturated carbocycles. The van der Waals surface area contributed by atoms with Crippen LogP contribution in [-0.2, 0) is 15.3 Å². The summed E-state index contributed by atoms with van der Waals surface area (Å²) >= 11 is 2.35. The van der Waals surface area contributed by atoms with Gasteiger partial charge in [-0.15, -0.1) is 10.2 Å². The van der Waals surface area contributed by atoms with E-state index in [-0.39, 0.29) is 27.8 Å². The van der Waals surface area contributed by atoms with E-state index in [9.17, 15) is 19.1 Å². The molecule has 1 aromatic heterocycles. The first-order chi connectivity index (χ1) is 22.4. The third-order valence-electron chi connectivity index (χ3n) is 7.22. The molecular weight excluding hydrogens is 634 g/mol. The first kappa shape index (κ1) is 31.4. The van der Waals surface area contributed by atoms with Gasteiger partial charge in [-0.3, -0.25) is 14.5 Å². The average Bonchev–Trinajstić information content (AvgIpc) is 3.64. The van der Waals surface area contributed by atoms with Gasteiger partial charge in [0.2, 0.25) is 5.13 Å². The Morgan fingerprint density at radius 3 is 2.61 bits per heavy atom. The van der Waals surface area contributed by atoms with Crippen LogP contribution in [0.5, 0.6) is 23.0 Å². The second-order valence-electron chi connectivity index (χ2n) is 10.2. The molecule has 1 N–H and O–H groups in total. The van der Waals surface area contributed by atoms with Gasteiger partial charge in [0.05, 0.1) is 24.8 Å². The second kappa shape index (κ2) is 13.8. The van der Waals surface area contributed by atoms with Gasteiger partial charge >= 0.3 is 5.91 Å². The molecule has 2 aliphatic rings. The zero-order chi connectivity index (χ0) is 32.2. The zero-order valence-corrected chi connectivity index (χ0v) is 26.7. The first-order valence-electron chi connectivity index (χ1n) is 14.7. The number of ketones is 1. The number of thioether (sulfide) groups is 1. The van der Waals surface area contributed by atoms with Gasteiger partial charge in [-0.05, 0) is 60.9 Å². The number of Topliss-reactive ketones (excluding diaryl/α,β-unsaturated/α-hetero) is 1. The highest BCUT2D eigenvalue weighted by atomic mass is 32.2. The van der Waals surface area contributed by atoms with Crippen LogP contribution in [0.3, 0.4) is 0 Å². The molecule has 1 amide bonds. The number of rotatable bonds is 11. The highest BCUT2D eigenvalue weighted by Gasteiger charge is 2.48. The number of aliphatic hydroxyl groups is 1. The molecule has 3 aromatic carbocycles. The van der Waals surface area contributed by atoms with Crippen LogP contribution in [-0.4, -0.2) is 53.4 Å². The first-order valence-corrected chi connectivity index (χ1v) is 16.5. The van der Waals surface area contributed by atoms with Gasteiger partial charge in [-0.2, -0.15) is 0 Å². The van der Waals surface area contributed by atoms with E-state index in [4.69, 9.17) is 18.9 Å². The largest absolute Gasteiger partial charge is 0.507 e. The number of carbonyl (C=O) groups excluding carboxylic acids is 2. The molecule has 6 rings (SSSR count). The van der Waals surface area contributed by atoms with Crippen LogP contribution in [0.2, 0.25) is 0 Å². The number of fused-ring (bicyclic) bond motifs is 1. The fraction of sp³-hybridized carbons (Fsp3) is 0.273. The molecule has 0 aliphatic carbocycles. The van der Waals surface area contributed by atoms with Gasteiger partial charge in [-0.1, -0.05) is 54.3 Å². The second-order valence-corrected chi connectivity index (χ2v) is 12.4. The molecule has 1 atom stereocenters. The normalized spacial score (nSPS) is 16.9. The smallest absolute Gasteiger partial charge is 0.301 e. The summed E-state index contributed by atoms with van der Waals surface area (Å²) in [5.41, 5.74) is 1.13. The lowest BCUT2D eigenvalue weighted by Gasteiger charge is -2.24. The van der Waals surface area contributed by atoms with Gasteiger partial charge in [0.25, 0.3) is 5.78 Å². The molecule has 10 nitrogen and oxygen atoms in total. The van der Waals surface area contributed by atoms with Crippen molar-refractivity contribution in [2.24, 2.45) is 0 Å². The van der Waals surface area contributed by atoms with Gasteiger partial charge < -0.3 is 24.1 Å². The van der Waals surface area contributed by atoms with Crippen LogP contribution >= 0.6 is 23.1 Å². The predicted molar refractivity (Wildman–Crippen MR) is 171 cm³/mol. The van der Waals surface area contributed by atoms with Crippen LogP contribution in [0.1, 0.15) is 43.0 Å². The SMILES string of the molecule is CCCOc1ccc(C2/C(=C(/O)c3ccc4c(c3)OCCO4)C(=O)C(=O)N2c2nnc(SCc3ccccc3F)s2)cc1OCC.